The summed E-state index contributed by atoms with van der Waals surface area (Å²) in [7, 11) is 1.31. The van der Waals surface area contributed by atoms with Gasteiger partial charge in [0, 0.05) is 12.1 Å². The molecule has 2 aromatic rings. The first-order valence-corrected chi connectivity index (χ1v) is 13.3. The summed E-state index contributed by atoms with van der Waals surface area (Å²) >= 11 is 0. The number of anilines is 1. The number of ether oxygens (including phenoxy) is 5. The van der Waals surface area contributed by atoms with Crippen molar-refractivity contribution in [3.63, 3.8) is 0 Å². The van der Waals surface area contributed by atoms with Crippen LogP contribution >= 0.6 is 0 Å². The number of hydrogen-bond acceptors (Lipinski definition) is 8. The van der Waals surface area contributed by atoms with Crippen molar-refractivity contribution in [2.75, 3.05) is 31.8 Å². The fourth-order valence-electron chi connectivity index (χ4n) is 3.52. The van der Waals surface area contributed by atoms with Crippen LogP contribution in [0.1, 0.15) is 70.8 Å². The highest BCUT2D eigenvalue weighted by Gasteiger charge is 2.27. The Balaban J connectivity index is 2.28. The van der Waals surface area contributed by atoms with Gasteiger partial charge in [0.1, 0.15) is 22.7 Å². The SMILES string of the molecule is CCOc1cc(C(=O)OC)ccc1CN(C(=O)OC(C)(C)C)c1ccccc1OCCCNC(=O)OC(C)(C)C. The minimum atomic E-state index is -0.740. The Kier molecular flexibility index (Phi) is 11.6. The van der Waals surface area contributed by atoms with Crippen LogP contribution in [0.2, 0.25) is 0 Å². The van der Waals surface area contributed by atoms with Gasteiger partial charge in [-0.25, -0.2) is 14.4 Å². The molecule has 0 aliphatic heterocycles. The molecule has 10 nitrogen and oxygen atoms in total. The van der Waals surface area contributed by atoms with Crippen LogP contribution in [0.25, 0.3) is 0 Å². The van der Waals surface area contributed by atoms with E-state index in [9.17, 15) is 14.4 Å². The molecule has 0 aromatic heterocycles. The van der Waals surface area contributed by atoms with Gasteiger partial charge in [-0.15, -0.1) is 0 Å². The quantitative estimate of drug-likeness (QED) is 0.200. The zero-order valence-corrected chi connectivity index (χ0v) is 24.8. The summed E-state index contributed by atoms with van der Waals surface area (Å²) in [4.78, 5) is 38.9. The molecule has 1 N–H and O–H groups in total. The molecule has 0 heterocycles. The Bertz CT molecular complexity index is 1150. The minimum Gasteiger partial charge on any atom is -0.494 e. The van der Waals surface area contributed by atoms with Crippen LogP contribution in [0, 0.1) is 0 Å². The lowest BCUT2D eigenvalue weighted by Crippen LogP contribution is -2.37. The van der Waals surface area contributed by atoms with Gasteiger partial charge in [-0.3, -0.25) is 4.90 Å². The molecule has 0 radical (unpaired) electrons. The molecule has 10 heteroatoms. The molecule has 0 aliphatic rings. The van der Waals surface area contributed by atoms with Crippen LogP contribution in [0.4, 0.5) is 15.3 Å². The number of methoxy groups -OCH3 is 1. The molecule has 2 amide bonds. The third-order valence-electron chi connectivity index (χ3n) is 5.13. The number of benzene rings is 2. The molecule has 0 fully saturated rings. The summed E-state index contributed by atoms with van der Waals surface area (Å²) in [5.74, 6) is 0.428. The maximum absolute atomic E-state index is 13.4. The standard InChI is InChI=1S/C30H42N2O8/c1-9-37-25-19-21(26(33)36-8)15-16-22(25)20-32(28(35)40-30(5,6)7)23-13-10-11-14-24(23)38-18-12-17-31-27(34)39-29(2,3)4/h10-11,13-16,19H,9,12,17-18,20H2,1-8H3,(H,31,34). The Labute approximate surface area is 236 Å². The van der Waals surface area contributed by atoms with Gasteiger partial charge in [-0.05, 0) is 79.2 Å². The lowest BCUT2D eigenvalue weighted by atomic mass is 10.1. The second kappa shape index (κ2) is 14.4. The molecule has 0 saturated carbocycles. The number of alkyl carbamates (subject to hydrolysis) is 1. The summed E-state index contributed by atoms with van der Waals surface area (Å²) in [6.45, 7) is 13.7. The first-order valence-electron chi connectivity index (χ1n) is 13.3. The number of hydrogen-bond donors (Lipinski definition) is 1. The highest BCUT2D eigenvalue weighted by atomic mass is 16.6. The van der Waals surface area contributed by atoms with Crippen molar-refractivity contribution in [3.05, 3.63) is 53.6 Å². The van der Waals surface area contributed by atoms with E-state index in [1.807, 2.05) is 13.0 Å². The van der Waals surface area contributed by atoms with E-state index in [1.165, 1.54) is 12.0 Å². The molecular formula is C30H42N2O8. The maximum Gasteiger partial charge on any atom is 0.415 e. The van der Waals surface area contributed by atoms with Gasteiger partial charge in [0.25, 0.3) is 0 Å². The number of nitrogens with zero attached hydrogens (tertiary/aromatic N) is 1. The van der Waals surface area contributed by atoms with E-state index in [1.54, 1.807) is 77.9 Å². The second-order valence-electron chi connectivity index (χ2n) is 10.9. The Morgan fingerprint density at radius 1 is 0.875 bits per heavy atom. The largest absolute Gasteiger partial charge is 0.494 e. The zero-order chi connectivity index (χ0) is 29.9. The van der Waals surface area contributed by atoms with Crippen LogP contribution in [-0.2, 0) is 20.8 Å². The number of carbonyl (C=O) groups is 3. The van der Waals surface area contributed by atoms with Crippen LogP contribution in [0.5, 0.6) is 11.5 Å². The topological polar surface area (TPSA) is 113 Å². The monoisotopic (exact) mass is 558 g/mol. The molecule has 0 unspecified atom stereocenters. The predicted molar refractivity (Wildman–Crippen MR) is 152 cm³/mol. The van der Waals surface area contributed by atoms with E-state index >= 15 is 0 Å². The summed E-state index contributed by atoms with van der Waals surface area (Å²) in [5.41, 5.74) is 0.178. The zero-order valence-electron chi connectivity index (χ0n) is 24.8. The van der Waals surface area contributed by atoms with Crippen LogP contribution < -0.4 is 19.7 Å². The Morgan fingerprint density at radius 2 is 1.55 bits per heavy atom. The van der Waals surface area contributed by atoms with Crippen LogP contribution in [0.3, 0.4) is 0 Å². The van der Waals surface area contributed by atoms with Gasteiger partial charge in [-0.2, -0.15) is 0 Å². The summed E-state index contributed by atoms with van der Waals surface area (Å²) in [6.07, 6.45) is -0.550. The minimum absolute atomic E-state index is 0.0896. The fourth-order valence-corrected chi connectivity index (χ4v) is 3.52. The fraction of sp³-hybridized carbons (Fsp3) is 0.500. The maximum atomic E-state index is 13.4. The van der Waals surface area contributed by atoms with Gasteiger partial charge in [-0.1, -0.05) is 18.2 Å². The number of carbonyl (C=O) groups excluding carboxylic acids is 3. The van der Waals surface area contributed by atoms with E-state index in [0.29, 0.717) is 47.9 Å². The molecule has 220 valence electrons. The molecule has 2 aromatic carbocycles. The molecule has 0 spiro atoms. The van der Waals surface area contributed by atoms with Crippen molar-refractivity contribution in [2.24, 2.45) is 0 Å². The third kappa shape index (κ3) is 10.7. The average Bonchev–Trinajstić information content (AvgIpc) is 2.85. The molecule has 40 heavy (non-hydrogen) atoms. The van der Waals surface area contributed by atoms with Gasteiger partial charge in [0.15, 0.2) is 0 Å². The first-order chi connectivity index (χ1) is 18.7. The van der Waals surface area contributed by atoms with Crippen molar-refractivity contribution in [1.82, 2.24) is 5.32 Å². The smallest absolute Gasteiger partial charge is 0.415 e. The molecule has 0 aliphatic carbocycles. The predicted octanol–water partition coefficient (Wildman–Crippen LogP) is 6.11. The number of para-hydroxylation sites is 2. The third-order valence-corrected chi connectivity index (χ3v) is 5.13. The van der Waals surface area contributed by atoms with E-state index in [2.05, 4.69) is 5.32 Å². The number of rotatable bonds is 11. The molecule has 2 rings (SSSR count). The lowest BCUT2D eigenvalue weighted by Gasteiger charge is -2.29. The second-order valence-corrected chi connectivity index (χ2v) is 10.9. The van der Waals surface area contributed by atoms with E-state index in [-0.39, 0.29) is 13.2 Å². The van der Waals surface area contributed by atoms with Gasteiger partial charge >= 0.3 is 18.2 Å². The van der Waals surface area contributed by atoms with Gasteiger partial charge < -0.3 is 29.0 Å². The van der Waals surface area contributed by atoms with E-state index in [0.717, 1.165) is 0 Å². The summed E-state index contributed by atoms with van der Waals surface area (Å²) < 4.78 is 27.6. The average molecular weight is 559 g/mol. The van der Waals surface area contributed by atoms with Crippen molar-refractivity contribution < 1.29 is 38.1 Å². The van der Waals surface area contributed by atoms with E-state index < -0.39 is 29.4 Å². The Morgan fingerprint density at radius 3 is 2.17 bits per heavy atom. The van der Waals surface area contributed by atoms with Gasteiger partial charge in [0.2, 0.25) is 0 Å². The molecule has 0 atom stereocenters. The number of esters is 1. The van der Waals surface area contributed by atoms with Gasteiger partial charge in [0.05, 0.1) is 38.1 Å². The number of nitrogens with one attached hydrogen (secondary N) is 1. The van der Waals surface area contributed by atoms with Crippen LogP contribution in [-0.4, -0.2) is 56.2 Å². The normalized spacial score (nSPS) is 11.3. The highest BCUT2D eigenvalue weighted by molar-refractivity contribution is 5.91. The Hall–Kier alpha value is -3.95. The van der Waals surface area contributed by atoms with Crippen molar-refractivity contribution >= 4 is 23.8 Å². The number of amides is 2. The van der Waals surface area contributed by atoms with Crippen LogP contribution in [0.15, 0.2) is 42.5 Å². The van der Waals surface area contributed by atoms with Crippen molar-refractivity contribution in [3.8, 4) is 11.5 Å². The molecular weight excluding hydrogens is 516 g/mol. The summed E-state index contributed by atoms with van der Waals surface area (Å²) in [5, 5.41) is 2.70. The molecule has 0 saturated heterocycles. The molecule has 0 bridgehead atoms. The van der Waals surface area contributed by atoms with Crippen molar-refractivity contribution in [1.29, 1.82) is 0 Å². The lowest BCUT2D eigenvalue weighted by molar-refractivity contribution is 0.0521. The van der Waals surface area contributed by atoms with E-state index in [4.69, 9.17) is 23.7 Å². The summed E-state index contributed by atoms with van der Waals surface area (Å²) in [6, 6.07) is 12.1. The van der Waals surface area contributed by atoms with Crippen molar-refractivity contribution in [2.45, 2.75) is 72.6 Å². The highest BCUT2D eigenvalue weighted by Crippen LogP contribution is 2.33. The first kappa shape index (κ1) is 32.3.